The van der Waals surface area contributed by atoms with E-state index in [-0.39, 0.29) is 19.1 Å². The van der Waals surface area contributed by atoms with Gasteiger partial charge in [-0.25, -0.2) is 0 Å². The Balaban J connectivity index is 1.58. The van der Waals surface area contributed by atoms with E-state index in [9.17, 15) is 9.59 Å². The van der Waals surface area contributed by atoms with Crippen LogP contribution in [0.2, 0.25) is 0 Å². The second-order valence-electron chi connectivity index (χ2n) is 5.50. The lowest BCUT2D eigenvalue weighted by Gasteiger charge is -2.06. The van der Waals surface area contributed by atoms with Crippen LogP contribution in [0.15, 0.2) is 60.8 Å². The van der Waals surface area contributed by atoms with E-state index in [2.05, 4.69) is 5.32 Å². The van der Waals surface area contributed by atoms with Crippen LogP contribution in [0, 0.1) is 0 Å². The summed E-state index contributed by atoms with van der Waals surface area (Å²) in [5.41, 5.74) is 2.42. The molecule has 3 rings (SSSR count). The lowest BCUT2D eigenvalue weighted by Crippen LogP contribution is -2.30. The Labute approximate surface area is 139 Å². The van der Waals surface area contributed by atoms with Gasteiger partial charge < -0.3 is 14.6 Å². The predicted molar refractivity (Wildman–Crippen MR) is 91.5 cm³/mol. The second kappa shape index (κ2) is 7.00. The van der Waals surface area contributed by atoms with Crippen molar-refractivity contribution < 1.29 is 14.3 Å². The van der Waals surface area contributed by atoms with Crippen LogP contribution in [0.3, 0.4) is 0 Å². The summed E-state index contributed by atoms with van der Waals surface area (Å²) in [6, 6.07) is 17.0. The number of amides is 1. The number of hydrogen-bond acceptors (Lipinski definition) is 3. The van der Waals surface area contributed by atoms with Crippen molar-refractivity contribution in [1.29, 1.82) is 0 Å². The molecule has 5 nitrogen and oxygen atoms in total. The summed E-state index contributed by atoms with van der Waals surface area (Å²) >= 11 is 0. The molecule has 3 aromatic rings. The minimum atomic E-state index is -0.465. The van der Waals surface area contributed by atoms with E-state index in [1.54, 1.807) is 6.20 Å². The molecule has 0 aliphatic rings. The molecule has 5 heteroatoms. The Morgan fingerprint density at radius 3 is 2.54 bits per heavy atom. The quantitative estimate of drug-likeness (QED) is 0.735. The van der Waals surface area contributed by atoms with Crippen LogP contribution < -0.4 is 5.32 Å². The van der Waals surface area contributed by atoms with Crippen molar-refractivity contribution in [2.45, 2.75) is 6.61 Å². The molecule has 0 radical (unpaired) electrons. The molecule has 0 spiro atoms. The molecule has 0 atom stereocenters. The van der Waals surface area contributed by atoms with Gasteiger partial charge in [0.2, 0.25) is 0 Å². The first kappa shape index (κ1) is 15.8. The van der Waals surface area contributed by atoms with Gasteiger partial charge in [-0.1, -0.05) is 48.5 Å². The normalized spacial score (nSPS) is 10.5. The molecule has 0 saturated carbocycles. The summed E-state index contributed by atoms with van der Waals surface area (Å²) in [5.74, 6) is -0.754. The number of nitrogens with one attached hydrogen (secondary N) is 1. The van der Waals surface area contributed by atoms with Gasteiger partial charge in [0.15, 0.2) is 0 Å². The Morgan fingerprint density at radius 2 is 1.75 bits per heavy atom. The predicted octanol–water partition coefficient (Wildman–Crippen LogP) is 2.65. The highest BCUT2D eigenvalue weighted by Gasteiger charge is 2.14. The summed E-state index contributed by atoms with van der Waals surface area (Å²) in [6.07, 6.45) is 1.76. The van der Waals surface area contributed by atoms with Crippen molar-refractivity contribution in [1.82, 2.24) is 9.88 Å². The van der Waals surface area contributed by atoms with Crippen molar-refractivity contribution in [3.8, 4) is 0 Å². The SMILES string of the molecule is Cn1cc(C(=O)NCC(=O)OCc2ccccc2)c2ccccc21. The number of nitrogens with zero attached hydrogens (tertiary/aromatic N) is 1. The van der Waals surface area contributed by atoms with Gasteiger partial charge in [0.25, 0.3) is 5.91 Å². The third kappa shape index (κ3) is 3.46. The first-order chi connectivity index (χ1) is 11.6. The molecule has 24 heavy (non-hydrogen) atoms. The molecule has 0 bridgehead atoms. The first-order valence-corrected chi connectivity index (χ1v) is 7.67. The molecule has 0 unspecified atom stereocenters. The number of para-hydroxylation sites is 1. The summed E-state index contributed by atoms with van der Waals surface area (Å²) in [5, 5.41) is 3.47. The van der Waals surface area contributed by atoms with Crippen LogP contribution in [0.4, 0.5) is 0 Å². The van der Waals surface area contributed by atoms with Crippen molar-refractivity contribution in [2.24, 2.45) is 7.05 Å². The molecule has 1 N–H and O–H groups in total. The van der Waals surface area contributed by atoms with Gasteiger partial charge in [-0.3, -0.25) is 9.59 Å². The van der Waals surface area contributed by atoms with Crippen LogP contribution in [0.5, 0.6) is 0 Å². The van der Waals surface area contributed by atoms with Gasteiger partial charge in [-0.15, -0.1) is 0 Å². The largest absolute Gasteiger partial charge is 0.460 e. The minimum absolute atomic E-state index is 0.158. The average molecular weight is 322 g/mol. The number of ether oxygens (including phenoxy) is 1. The van der Waals surface area contributed by atoms with E-state index in [1.165, 1.54) is 0 Å². The fourth-order valence-electron chi connectivity index (χ4n) is 2.56. The molecule has 1 amide bonds. The van der Waals surface area contributed by atoms with Gasteiger partial charge in [0.05, 0.1) is 5.56 Å². The molecule has 1 heterocycles. The maximum Gasteiger partial charge on any atom is 0.325 e. The fourth-order valence-corrected chi connectivity index (χ4v) is 2.56. The number of hydrogen-bond donors (Lipinski definition) is 1. The van der Waals surface area contributed by atoms with Crippen molar-refractivity contribution in [3.05, 3.63) is 71.9 Å². The topological polar surface area (TPSA) is 60.3 Å². The van der Waals surface area contributed by atoms with Crippen molar-refractivity contribution in [2.75, 3.05) is 6.54 Å². The Morgan fingerprint density at radius 1 is 1.04 bits per heavy atom. The number of carbonyl (C=O) groups excluding carboxylic acids is 2. The maximum absolute atomic E-state index is 12.3. The summed E-state index contributed by atoms with van der Waals surface area (Å²) in [6.45, 7) is 0.0404. The smallest absolute Gasteiger partial charge is 0.325 e. The highest BCUT2D eigenvalue weighted by atomic mass is 16.5. The summed E-state index contributed by atoms with van der Waals surface area (Å²) in [7, 11) is 1.88. The zero-order valence-electron chi connectivity index (χ0n) is 13.4. The van der Waals surface area contributed by atoms with E-state index < -0.39 is 5.97 Å². The summed E-state index contributed by atoms with van der Waals surface area (Å²) < 4.78 is 7.04. The maximum atomic E-state index is 12.3. The van der Waals surface area contributed by atoms with Gasteiger partial charge in [-0.2, -0.15) is 0 Å². The molecule has 0 saturated heterocycles. The van der Waals surface area contributed by atoms with Crippen LogP contribution in [-0.2, 0) is 23.2 Å². The average Bonchev–Trinajstić information content (AvgIpc) is 2.96. The Hall–Kier alpha value is -3.08. The van der Waals surface area contributed by atoms with Crippen LogP contribution in [0.25, 0.3) is 10.9 Å². The number of aromatic nitrogens is 1. The van der Waals surface area contributed by atoms with E-state index in [0.29, 0.717) is 5.56 Å². The van der Waals surface area contributed by atoms with E-state index >= 15 is 0 Å². The number of carbonyl (C=O) groups is 2. The van der Waals surface area contributed by atoms with Gasteiger partial charge in [-0.05, 0) is 11.6 Å². The number of esters is 1. The highest BCUT2D eigenvalue weighted by Crippen LogP contribution is 2.19. The second-order valence-corrected chi connectivity index (χ2v) is 5.50. The standard InChI is InChI=1S/C19H18N2O3/c1-21-12-16(15-9-5-6-10-17(15)21)19(23)20-11-18(22)24-13-14-7-3-2-4-8-14/h2-10,12H,11,13H2,1H3,(H,20,23). The third-order valence-corrected chi connectivity index (χ3v) is 3.78. The number of rotatable bonds is 5. The summed E-state index contributed by atoms with van der Waals surface area (Å²) in [4.78, 5) is 24.1. The number of benzene rings is 2. The first-order valence-electron chi connectivity index (χ1n) is 7.67. The molecule has 0 fully saturated rings. The molecular weight excluding hydrogens is 304 g/mol. The van der Waals surface area contributed by atoms with Crippen LogP contribution in [-0.4, -0.2) is 23.0 Å². The zero-order chi connectivity index (χ0) is 16.9. The number of aryl methyl sites for hydroxylation is 1. The highest BCUT2D eigenvalue weighted by molar-refractivity contribution is 6.07. The van der Waals surface area contributed by atoms with Crippen molar-refractivity contribution >= 4 is 22.8 Å². The van der Waals surface area contributed by atoms with Gasteiger partial charge in [0.1, 0.15) is 13.2 Å². The Kier molecular flexibility index (Phi) is 4.61. The van der Waals surface area contributed by atoms with Gasteiger partial charge in [0, 0.05) is 24.1 Å². The number of fused-ring (bicyclic) bond motifs is 1. The van der Waals surface area contributed by atoms with E-state index in [0.717, 1.165) is 16.5 Å². The third-order valence-electron chi connectivity index (χ3n) is 3.78. The minimum Gasteiger partial charge on any atom is -0.460 e. The van der Waals surface area contributed by atoms with Gasteiger partial charge >= 0.3 is 5.97 Å². The Bertz CT molecular complexity index is 869. The molecule has 122 valence electrons. The van der Waals surface area contributed by atoms with Crippen LogP contribution in [0.1, 0.15) is 15.9 Å². The molecule has 2 aromatic carbocycles. The molecular formula is C19H18N2O3. The van der Waals surface area contributed by atoms with E-state index in [4.69, 9.17) is 4.74 Å². The lowest BCUT2D eigenvalue weighted by atomic mass is 10.1. The monoisotopic (exact) mass is 322 g/mol. The van der Waals surface area contributed by atoms with E-state index in [1.807, 2.05) is 66.2 Å². The zero-order valence-corrected chi connectivity index (χ0v) is 13.4. The van der Waals surface area contributed by atoms with Crippen LogP contribution >= 0.6 is 0 Å². The van der Waals surface area contributed by atoms with Crippen molar-refractivity contribution in [3.63, 3.8) is 0 Å². The molecule has 0 aliphatic carbocycles. The molecule has 0 aliphatic heterocycles. The fraction of sp³-hybridized carbons (Fsp3) is 0.158. The molecule has 1 aromatic heterocycles. The lowest BCUT2D eigenvalue weighted by molar-refractivity contribution is -0.143.